The minimum Gasteiger partial charge on any atom is -0.465 e. The second kappa shape index (κ2) is 4.12. The second-order valence-electron chi connectivity index (χ2n) is 7.03. The van der Waals surface area contributed by atoms with Gasteiger partial charge in [0.05, 0.1) is 0 Å². The summed E-state index contributed by atoms with van der Waals surface area (Å²) in [6.45, 7) is 8.29. The van der Waals surface area contributed by atoms with Crippen LogP contribution in [0.3, 0.4) is 0 Å². The molecule has 2 N–H and O–H groups in total. The van der Waals surface area contributed by atoms with Crippen LogP contribution in [0.2, 0.25) is 0 Å². The van der Waals surface area contributed by atoms with Gasteiger partial charge in [0, 0.05) is 19.7 Å². The Bertz CT molecular complexity index is 339. The van der Waals surface area contributed by atoms with E-state index in [-0.39, 0.29) is 22.9 Å². The van der Waals surface area contributed by atoms with E-state index >= 15 is 0 Å². The number of carboxylic acid groups (broad SMARTS) is 1. The first-order chi connectivity index (χ1) is 8.28. The van der Waals surface area contributed by atoms with E-state index in [1.54, 1.807) is 0 Å². The Hall–Kier alpha value is -0.770. The van der Waals surface area contributed by atoms with Gasteiger partial charge in [0.2, 0.25) is 0 Å². The lowest BCUT2D eigenvalue weighted by Gasteiger charge is -2.40. The topological polar surface area (TPSA) is 60.8 Å². The number of rotatable bonds is 2. The van der Waals surface area contributed by atoms with E-state index in [4.69, 9.17) is 5.11 Å². The van der Waals surface area contributed by atoms with Crippen molar-refractivity contribution >= 4 is 6.09 Å². The second-order valence-corrected chi connectivity index (χ2v) is 7.03. The zero-order chi connectivity index (χ0) is 13.6. The van der Waals surface area contributed by atoms with Gasteiger partial charge in [-0.1, -0.05) is 20.8 Å². The molecule has 0 aromatic carbocycles. The fraction of sp³-hybridized carbons (Fsp3) is 0.929. The number of carbonyl (C=O) groups is 1. The Morgan fingerprint density at radius 2 is 1.83 bits per heavy atom. The Morgan fingerprint density at radius 1 is 1.28 bits per heavy atom. The Morgan fingerprint density at radius 3 is 2.22 bits per heavy atom. The summed E-state index contributed by atoms with van der Waals surface area (Å²) in [5, 5.41) is 18.4. The van der Waals surface area contributed by atoms with Crippen LogP contribution in [0.1, 0.15) is 46.5 Å². The number of nitrogens with zero attached hydrogens (tertiary/aromatic N) is 1. The van der Waals surface area contributed by atoms with Crippen LogP contribution in [-0.2, 0) is 0 Å². The average molecular weight is 255 g/mol. The number of aliphatic hydroxyl groups is 1. The molecule has 1 saturated heterocycles. The van der Waals surface area contributed by atoms with Gasteiger partial charge < -0.3 is 15.1 Å². The summed E-state index contributed by atoms with van der Waals surface area (Å²) in [7, 11) is 0. The van der Waals surface area contributed by atoms with Crippen molar-refractivity contribution in [1.82, 2.24) is 4.90 Å². The number of likely N-dealkylation sites (tertiary alicyclic amines) is 1. The first kappa shape index (κ1) is 13.7. The maximum absolute atomic E-state index is 11.0. The highest BCUT2D eigenvalue weighted by Crippen LogP contribution is 2.77. The molecule has 4 heteroatoms. The van der Waals surface area contributed by atoms with Crippen molar-refractivity contribution in [2.24, 2.45) is 16.2 Å². The summed E-state index contributed by atoms with van der Waals surface area (Å²) in [4.78, 5) is 12.5. The SMILES string of the molecule is CC(C)(C)C1(CCO)CC12CCN(C(=O)O)CC2. The number of aliphatic hydroxyl groups excluding tert-OH is 1. The highest BCUT2D eigenvalue weighted by atomic mass is 16.4. The number of piperidine rings is 1. The molecule has 1 amide bonds. The van der Waals surface area contributed by atoms with E-state index in [2.05, 4.69) is 20.8 Å². The van der Waals surface area contributed by atoms with Crippen molar-refractivity contribution in [2.45, 2.75) is 46.5 Å². The van der Waals surface area contributed by atoms with Crippen LogP contribution in [-0.4, -0.2) is 40.9 Å². The van der Waals surface area contributed by atoms with Crippen molar-refractivity contribution in [3.8, 4) is 0 Å². The number of amides is 1. The first-order valence-corrected chi connectivity index (χ1v) is 6.87. The van der Waals surface area contributed by atoms with Gasteiger partial charge in [0.15, 0.2) is 0 Å². The van der Waals surface area contributed by atoms with Gasteiger partial charge in [0.1, 0.15) is 0 Å². The fourth-order valence-corrected chi connectivity index (χ4v) is 4.29. The van der Waals surface area contributed by atoms with Crippen LogP contribution < -0.4 is 0 Å². The van der Waals surface area contributed by atoms with Crippen molar-refractivity contribution < 1.29 is 15.0 Å². The zero-order valence-corrected chi connectivity index (χ0v) is 11.7. The zero-order valence-electron chi connectivity index (χ0n) is 11.7. The minimum absolute atomic E-state index is 0.182. The molecule has 2 fully saturated rings. The quantitative estimate of drug-likeness (QED) is 0.797. The van der Waals surface area contributed by atoms with Gasteiger partial charge in [-0.25, -0.2) is 4.79 Å². The average Bonchev–Trinajstić information content (AvgIpc) is 2.88. The lowest BCUT2D eigenvalue weighted by Crippen LogP contribution is -2.41. The predicted molar refractivity (Wildman–Crippen MR) is 69.5 cm³/mol. The molecule has 18 heavy (non-hydrogen) atoms. The van der Waals surface area contributed by atoms with Gasteiger partial charge in [-0.15, -0.1) is 0 Å². The molecule has 1 atom stereocenters. The van der Waals surface area contributed by atoms with E-state index in [9.17, 15) is 9.90 Å². The maximum Gasteiger partial charge on any atom is 0.407 e. The van der Waals surface area contributed by atoms with Gasteiger partial charge in [-0.2, -0.15) is 0 Å². The standard InChI is InChI=1S/C14H25NO3/c1-12(2,3)14(6-9-16)10-13(14)4-7-15(8-5-13)11(17)18/h16H,4-10H2,1-3H3,(H,17,18). The molecule has 1 aliphatic heterocycles. The normalized spacial score (nSPS) is 30.6. The van der Waals surface area contributed by atoms with Crippen LogP contribution in [0.25, 0.3) is 0 Å². The number of hydrogen-bond acceptors (Lipinski definition) is 2. The summed E-state index contributed by atoms with van der Waals surface area (Å²) >= 11 is 0. The molecule has 0 aromatic rings. The molecule has 1 spiro atoms. The molecule has 1 unspecified atom stereocenters. The molecule has 2 aliphatic rings. The summed E-state index contributed by atoms with van der Waals surface area (Å²) in [5.41, 5.74) is 0.667. The molecule has 0 bridgehead atoms. The monoisotopic (exact) mass is 255 g/mol. The van der Waals surface area contributed by atoms with Crippen molar-refractivity contribution in [1.29, 1.82) is 0 Å². The van der Waals surface area contributed by atoms with E-state index < -0.39 is 6.09 Å². The van der Waals surface area contributed by atoms with E-state index in [1.807, 2.05) is 0 Å². The van der Waals surface area contributed by atoms with Gasteiger partial charge in [0.25, 0.3) is 0 Å². The molecule has 104 valence electrons. The third kappa shape index (κ3) is 1.81. The lowest BCUT2D eigenvalue weighted by molar-refractivity contribution is 0.0632. The highest BCUT2D eigenvalue weighted by Gasteiger charge is 2.70. The Balaban J connectivity index is 2.10. The van der Waals surface area contributed by atoms with Crippen LogP contribution in [0.4, 0.5) is 4.79 Å². The minimum atomic E-state index is -0.797. The van der Waals surface area contributed by atoms with Crippen LogP contribution in [0, 0.1) is 16.2 Å². The molecular formula is C14H25NO3. The molecule has 2 rings (SSSR count). The molecule has 0 radical (unpaired) electrons. The molecule has 4 nitrogen and oxygen atoms in total. The summed E-state index contributed by atoms with van der Waals surface area (Å²) < 4.78 is 0. The van der Waals surface area contributed by atoms with Crippen LogP contribution in [0.5, 0.6) is 0 Å². The Kier molecular flexibility index (Phi) is 3.13. The maximum atomic E-state index is 11.0. The third-order valence-corrected chi connectivity index (χ3v) is 5.50. The molecule has 1 aliphatic carbocycles. The van der Waals surface area contributed by atoms with Crippen LogP contribution in [0.15, 0.2) is 0 Å². The summed E-state index contributed by atoms with van der Waals surface area (Å²) in [5.74, 6) is 0. The van der Waals surface area contributed by atoms with E-state index in [0.29, 0.717) is 13.1 Å². The Labute approximate surface area is 109 Å². The van der Waals surface area contributed by atoms with Crippen molar-refractivity contribution in [3.05, 3.63) is 0 Å². The van der Waals surface area contributed by atoms with E-state index in [1.165, 1.54) is 4.90 Å². The highest BCUT2D eigenvalue weighted by molar-refractivity contribution is 5.65. The summed E-state index contributed by atoms with van der Waals surface area (Å²) in [6, 6.07) is 0. The van der Waals surface area contributed by atoms with E-state index in [0.717, 1.165) is 25.7 Å². The van der Waals surface area contributed by atoms with Gasteiger partial charge in [-0.05, 0) is 41.9 Å². The smallest absolute Gasteiger partial charge is 0.407 e. The van der Waals surface area contributed by atoms with Gasteiger partial charge >= 0.3 is 6.09 Å². The van der Waals surface area contributed by atoms with Crippen LogP contribution >= 0.6 is 0 Å². The molecule has 0 aromatic heterocycles. The van der Waals surface area contributed by atoms with Crippen molar-refractivity contribution in [2.75, 3.05) is 19.7 Å². The molecular weight excluding hydrogens is 230 g/mol. The fourth-order valence-electron chi connectivity index (χ4n) is 4.29. The largest absolute Gasteiger partial charge is 0.465 e. The lowest BCUT2D eigenvalue weighted by atomic mass is 9.68. The molecule has 1 saturated carbocycles. The third-order valence-electron chi connectivity index (χ3n) is 5.50. The van der Waals surface area contributed by atoms with Crippen molar-refractivity contribution in [3.63, 3.8) is 0 Å². The summed E-state index contributed by atoms with van der Waals surface area (Å²) in [6.07, 6.45) is 3.11. The first-order valence-electron chi connectivity index (χ1n) is 6.87. The van der Waals surface area contributed by atoms with Gasteiger partial charge in [-0.3, -0.25) is 0 Å². The molecule has 1 heterocycles. The predicted octanol–water partition coefficient (Wildman–Crippen LogP) is 2.57. The number of hydrogen-bond donors (Lipinski definition) is 2.